The van der Waals surface area contributed by atoms with Gasteiger partial charge < -0.3 is 22.1 Å². The van der Waals surface area contributed by atoms with Crippen molar-refractivity contribution in [3.63, 3.8) is 0 Å². The van der Waals surface area contributed by atoms with E-state index < -0.39 is 0 Å². The van der Waals surface area contributed by atoms with Gasteiger partial charge in [0, 0.05) is 11.4 Å². The topological polar surface area (TPSA) is 110 Å². The van der Waals surface area contributed by atoms with E-state index in [4.69, 9.17) is 11.5 Å². The van der Waals surface area contributed by atoms with Crippen LogP contribution in [0.1, 0.15) is 19.3 Å². The average Bonchev–Trinajstić information content (AvgIpc) is 3.20. The van der Waals surface area contributed by atoms with Crippen LogP contribution in [0.5, 0.6) is 0 Å². The molecule has 140 valence electrons. The highest BCUT2D eigenvalue weighted by atomic mass is 32.2. The van der Waals surface area contributed by atoms with E-state index in [1.54, 1.807) is 24.3 Å². The number of amides is 2. The van der Waals surface area contributed by atoms with Crippen LogP contribution in [0.4, 0.5) is 22.7 Å². The van der Waals surface area contributed by atoms with Crippen molar-refractivity contribution < 1.29 is 9.59 Å². The van der Waals surface area contributed by atoms with Gasteiger partial charge in [0.05, 0.1) is 20.8 Å². The predicted molar refractivity (Wildman–Crippen MR) is 117 cm³/mol. The van der Waals surface area contributed by atoms with E-state index >= 15 is 0 Å². The van der Waals surface area contributed by atoms with Gasteiger partial charge in [0.25, 0.3) is 11.8 Å². The Morgan fingerprint density at radius 1 is 0.679 bits per heavy atom. The minimum atomic E-state index is -0.299. The summed E-state index contributed by atoms with van der Waals surface area (Å²) in [4.78, 5) is 25.9. The molecular weight excluding hydrogens is 392 g/mol. The highest BCUT2D eigenvalue weighted by Gasteiger charge is 2.24. The third kappa shape index (κ3) is 3.30. The summed E-state index contributed by atoms with van der Waals surface area (Å²) in [5, 5.41) is 6.19. The summed E-state index contributed by atoms with van der Waals surface area (Å²) in [5.74, 6) is -0.599. The molecule has 0 atom stereocenters. The molecule has 0 aliphatic heterocycles. The largest absolute Gasteiger partial charge is 0.397 e. The summed E-state index contributed by atoms with van der Waals surface area (Å²) in [7, 11) is 0. The van der Waals surface area contributed by atoms with Gasteiger partial charge in [0.15, 0.2) is 0 Å². The summed E-state index contributed by atoms with van der Waals surface area (Å²) in [6.07, 6.45) is 0. The first-order chi connectivity index (χ1) is 13.5. The van der Waals surface area contributed by atoms with E-state index in [2.05, 4.69) is 10.6 Å². The fraction of sp³-hybridized carbons (Fsp3) is 0. The molecule has 0 bridgehead atoms. The highest BCUT2D eigenvalue weighted by molar-refractivity contribution is 7.40. The van der Waals surface area contributed by atoms with Crippen LogP contribution in [0.3, 0.4) is 0 Å². The molecule has 0 aliphatic carbocycles. The number of hydrogen-bond donors (Lipinski definition) is 4. The van der Waals surface area contributed by atoms with Crippen LogP contribution in [-0.2, 0) is 0 Å². The Morgan fingerprint density at radius 3 is 1.43 bits per heavy atom. The smallest absolute Gasteiger partial charge is 0.267 e. The first kappa shape index (κ1) is 18.0. The van der Waals surface area contributed by atoms with E-state index in [1.165, 1.54) is 22.7 Å². The van der Waals surface area contributed by atoms with Crippen molar-refractivity contribution in [3.8, 4) is 0 Å². The maximum atomic E-state index is 12.6. The molecule has 0 spiro atoms. The first-order valence-corrected chi connectivity index (χ1v) is 10.0. The molecule has 0 saturated heterocycles. The first-order valence-electron chi connectivity index (χ1n) is 8.37. The van der Waals surface area contributed by atoms with Crippen LogP contribution in [0.2, 0.25) is 0 Å². The molecule has 0 fully saturated rings. The predicted octanol–water partition coefficient (Wildman–Crippen LogP) is 4.63. The number of nitrogens with two attached hydrogens (primary N) is 2. The number of anilines is 4. The lowest BCUT2D eigenvalue weighted by Gasteiger charge is -2.05. The zero-order valence-electron chi connectivity index (χ0n) is 14.6. The number of carbonyl (C=O) groups is 2. The molecule has 0 saturated carbocycles. The summed E-state index contributed by atoms with van der Waals surface area (Å²) in [6.45, 7) is 0. The second-order valence-electron chi connectivity index (χ2n) is 5.99. The van der Waals surface area contributed by atoms with E-state index in [9.17, 15) is 9.59 Å². The van der Waals surface area contributed by atoms with Crippen LogP contribution >= 0.6 is 22.7 Å². The number of thiophene rings is 2. The average molecular weight is 409 g/mol. The summed E-state index contributed by atoms with van der Waals surface area (Å²) >= 11 is 2.46. The lowest BCUT2D eigenvalue weighted by molar-refractivity contribution is 0.102. The van der Waals surface area contributed by atoms with Crippen molar-refractivity contribution in [2.75, 3.05) is 22.1 Å². The monoisotopic (exact) mass is 408 g/mol. The second kappa shape index (κ2) is 7.34. The van der Waals surface area contributed by atoms with E-state index in [0.717, 1.165) is 4.01 Å². The molecule has 6 nitrogen and oxygen atoms in total. The number of rotatable bonds is 4. The lowest BCUT2D eigenvalue weighted by Crippen LogP contribution is -2.13. The molecule has 2 aromatic carbocycles. The zero-order valence-corrected chi connectivity index (χ0v) is 16.2. The normalized spacial score (nSPS) is 10.7. The Labute approximate surface area is 168 Å². The third-order valence-electron chi connectivity index (χ3n) is 4.10. The van der Waals surface area contributed by atoms with E-state index in [0.29, 0.717) is 37.9 Å². The maximum Gasteiger partial charge on any atom is 0.267 e. The fourth-order valence-electron chi connectivity index (χ4n) is 2.77. The molecule has 2 aromatic heterocycles. The Hall–Kier alpha value is -3.36. The summed E-state index contributed by atoms with van der Waals surface area (Å²) in [6, 6.07) is 18.3. The van der Waals surface area contributed by atoms with Gasteiger partial charge in [-0.05, 0) is 24.3 Å². The molecular formula is C20H16N4O2S2. The molecule has 4 aromatic rings. The number of benzene rings is 2. The van der Waals surface area contributed by atoms with Gasteiger partial charge in [-0.2, -0.15) is 0 Å². The minimum absolute atomic E-state index is 0.293. The molecule has 0 unspecified atom stereocenters. The Morgan fingerprint density at radius 2 is 1.07 bits per heavy atom. The number of fused-ring (bicyclic) bond motifs is 1. The third-order valence-corrected chi connectivity index (χ3v) is 6.60. The number of nitrogen functional groups attached to an aromatic ring is 2. The van der Waals surface area contributed by atoms with Crippen LogP contribution in [0.25, 0.3) is 9.40 Å². The molecule has 2 amide bonds. The molecule has 8 heteroatoms. The van der Waals surface area contributed by atoms with Crippen molar-refractivity contribution in [1.29, 1.82) is 0 Å². The fourth-order valence-corrected chi connectivity index (χ4v) is 5.16. The summed E-state index contributed by atoms with van der Waals surface area (Å²) < 4.78 is 0.742. The molecule has 0 radical (unpaired) electrons. The van der Waals surface area contributed by atoms with Gasteiger partial charge in [-0.25, -0.2) is 0 Å². The SMILES string of the molecule is Nc1c(C(=O)Nc2ccccc2)sc2sc(C(=O)Nc3ccccc3)c(N)c12. The Bertz CT molecular complexity index is 1080. The molecule has 4 rings (SSSR count). The Balaban J connectivity index is 1.62. The van der Waals surface area contributed by atoms with Gasteiger partial charge in [-0.3, -0.25) is 9.59 Å². The van der Waals surface area contributed by atoms with Crippen molar-refractivity contribution in [2.45, 2.75) is 0 Å². The highest BCUT2D eigenvalue weighted by Crippen LogP contribution is 2.45. The quantitative estimate of drug-likeness (QED) is 0.394. The lowest BCUT2D eigenvalue weighted by atomic mass is 10.2. The van der Waals surface area contributed by atoms with Gasteiger partial charge >= 0.3 is 0 Å². The van der Waals surface area contributed by atoms with E-state index in [-0.39, 0.29) is 11.8 Å². The molecule has 28 heavy (non-hydrogen) atoms. The van der Waals surface area contributed by atoms with Crippen molar-refractivity contribution in [3.05, 3.63) is 70.4 Å². The molecule has 0 aliphatic rings. The molecule has 2 heterocycles. The van der Waals surface area contributed by atoms with Crippen LogP contribution < -0.4 is 22.1 Å². The number of carbonyl (C=O) groups excluding carboxylic acids is 2. The second-order valence-corrected chi connectivity index (χ2v) is 8.29. The number of para-hydroxylation sites is 2. The maximum absolute atomic E-state index is 12.6. The Kier molecular flexibility index (Phi) is 4.72. The van der Waals surface area contributed by atoms with Gasteiger partial charge in [0.2, 0.25) is 0 Å². The molecule has 6 N–H and O–H groups in total. The van der Waals surface area contributed by atoms with Crippen LogP contribution in [0.15, 0.2) is 60.7 Å². The minimum Gasteiger partial charge on any atom is -0.397 e. The van der Waals surface area contributed by atoms with Crippen molar-refractivity contribution >= 4 is 66.6 Å². The van der Waals surface area contributed by atoms with Gasteiger partial charge in [-0.15, -0.1) is 22.7 Å². The number of nitrogens with one attached hydrogen (secondary N) is 2. The van der Waals surface area contributed by atoms with Crippen LogP contribution in [-0.4, -0.2) is 11.8 Å². The zero-order chi connectivity index (χ0) is 19.7. The van der Waals surface area contributed by atoms with Crippen molar-refractivity contribution in [1.82, 2.24) is 0 Å². The van der Waals surface area contributed by atoms with Gasteiger partial charge in [0.1, 0.15) is 9.75 Å². The van der Waals surface area contributed by atoms with E-state index in [1.807, 2.05) is 36.4 Å². The standard InChI is InChI=1S/C20H16N4O2S2/c21-14-13-15(22)17(19(26)24-12-9-5-2-6-10-12)28-20(13)27-16(14)18(25)23-11-7-3-1-4-8-11/h1-10H,21-22H2,(H,23,25)(H,24,26). The number of hydrogen-bond acceptors (Lipinski definition) is 6. The van der Waals surface area contributed by atoms with Gasteiger partial charge in [-0.1, -0.05) is 36.4 Å². The summed E-state index contributed by atoms with van der Waals surface area (Å²) in [5.41, 5.74) is 14.4. The van der Waals surface area contributed by atoms with Crippen LogP contribution in [0, 0.1) is 0 Å². The van der Waals surface area contributed by atoms with Crippen molar-refractivity contribution in [2.24, 2.45) is 0 Å².